The normalized spacial score (nSPS) is 12.8. The summed E-state index contributed by atoms with van der Waals surface area (Å²) in [6.45, 7) is 0. The van der Waals surface area contributed by atoms with Crippen LogP contribution in [0.4, 0.5) is 17.6 Å². The third kappa shape index (κ3) is 2.50. The summed E-state index contributed by atoms with van der Waals surface area (Å²) < 4.78 is 80.1. The molecule has 0 bridgehead atoms. The van der Waals surface area contributed by atoms with E-state index in [1.165, 1.54) is 0 Å². The van der Waals surface area contributed by atoms with Gasteiger partial charge in [-0.05, 0) is 12.1 Å². The van der Waals surface area contributed by atoms with Crippen molar-refractivity contribution in [2.75, 3.05) is 0 Å². The average Bonchev–Trinajstić information content (AvgIpc) is 2.10. The third-order valence-corrected chi connectivity index (χ3v) is 2.72. The molecule has 0 aliphatic heterocycles. The molecule has 16 heavy (non-hydrogen) atoms. The largest absolute Gasteiger partial charge is 0.374 e. The molecule has 0 heterocycles. The molecule has 0 aromatic heterocycles. The fraction of sp³-hybridized carbons (Fsp3) is 0.250. The van der Waals surface area contributed by atoms with Crippen molar-refractivity contribution < 1.29 is 30.5 Å². The van der Waals surface area contributed by atoms with Crippen LogP contribution in [0.25, 0.3) is 0 Å². The molecule has 0 fully saturated rings. The summed E-state index contributed by atoms with van der Waals surface area (Å²) in [5.41, 5.74) is -1.09. The number of hydrogen-bond acceptors (Lipinski definition) is 2. The van der Waals surface area contributed by atoms with Crippen molar-refractivity contribution in [3.05, 3.63) is 35.4 Å². The summed E-state index contributed by atoms with van der Waals surface area (Å²) in [4.78, 5) is 0. The molecule has 0 saturated carbocycles. The van der Waals surface area contributed by atoms with Crippen LogP contribution in [0.1, 0.15) is 5.56 Å². The number of rotatable bonds is 3. The molecule has 0 aliphatic carbocycles. The molecule has 0 spiro atoms. The monoisotopic (exact) mass is 258 g/mol. The molecule has 0 unspecified atom stereocenters. The van der Waals surface area contributed by atoms with Gasteiger partial charge in [0, 0.05) is 5.56 Å². The van der Waals surface area contributed by atoms with Gasteiger partial charge in [-0.2, -0.15) is 17.2 Å². The van der Waals surface area contributed by atoms with Gasteiger partial charge in [0.2, 0.25) is 0 Å². The maximum Gasteiger partial charge on any atom is 0.374 e. The van der Waals surface area contributed by atoms with Crippen LogP contribution in [0.2, 0.25) is 0 Å². The van der Waals surface area contributed by atoms with Crippen LogP contribution >= 0.6 is 0 Å². The van der Waals surface area contributed by atoms with Gasteiger partial charge in [0.05, 0.1) is 6.42 Å². The summed E-state index contributed by atoms with van der Waals surface area (Å²) in [7, 11) is -5.70. The summed E-state index contributed by atoms with van der Waals surface area (Å²) in [5.74, 6) is -2.60. The smallest absolute Gasteiger partial charge is 0.281 e. The molecule has 8 heteroatoms. The highest BCUT2D eigenvalue weighted by Gasteiger charge is 2.45. The SMILES string of the molecule is O=S(=O)(O)C(F)(F)Cc1c(F)cccc1F. The lowest BCUT2D eigenvalue weighted by atomic mass is 10.1. The van der Waals surface area contributed by atoms with E-state index in [4.69, 9.17) is 4.55 Å². The second-order valence-electron chi connectivity index (χ2n) is 2.99. The second-order valence-corrected chi connectivity index (χ2v) is 4.54. The molecule has 0 radical (unpaired) electrons. The first-order valence-corrected chi connectivity index (χ1v) is 5.37. The van der Waals surface area contributed by atoms with Gasteiger partial charge in [0.15, 0.2) is 0 Å². The van der Waals surface area contributed by atoms with Crippen molar-refractivity contribution in [2.24, 2.45) is 0 Å². The number of hydrogen-bond donors (Lipinski definition) is 1. The Labute approximate surface area is 88.5 Å². The fourth-order valence-corrected chi connectivity index (χ4v) is 1.32. The summed E-state index contributed by atoms with van der Waals surface area (Å²) in [6.07, 6.45) is -1.76. The highest BCUT2D eigenvalue weighted by atomic mass is 32.2. The Morgan fingerprint density at radius 2 is 1.62 bits per heavy atom. The van der Waals surface area contributed by atoms with E-state index in [2.05, 4.69) is 0 Å². The molecule has 1 aromatic rings. The summed E-state index contributed by atoms with van der Waals surface area (Å²) >= 11 is 0. The minimum atomic E-state index is -5.70. The summed E-state index contributed by atoms with van der Waals surface area (Å²) in [6, 6.07) is 2.36. The maximum absolute atomic E-state index is 12.9. The molecule has 0 atom stereocenters. The zero-order chi connectivity index (χ0) is 12.6. The van der Waals surface area contributed by atoms with E-state index in [-0.39, 0.29) is 0 Å². The van der Waals surface area contributed by atoms with E-state index < -0.39 is 39.0 Å². The lowest BCUT2D eigenvalue weighted by molar-refractivity contribution is 0.0793. The predicted octanol–water partition coefficient (Wildman–Crippen LogP) is 1.99. The van der Waals surface area contributed by atoms with Gasteiger partial charge >= 0.3 is 15.4 Å². The van der Waals surface area contributed by atoms with E-state index in [1.54, 1.807) is 0 Å². The molecule has 0 amide bonds. The van der Waals surface area contributed by atoms with Gasteiger partial charge in [-0.1, -0.05) is 6.07 Å². The van der Waals surface area contributed by atoms with Crippen molar-refractivity contribution in [2.45, 2.75) is 11.7 Å². The zero-order valence-corrected chi connectivity index (χ0v) is 8.44. The fourth-order valence-electron chi connectivity index (χ4n) is 0.998. The van der Waals surface area contributed by atoms with Gasteiger partial charge in [0.1, 0.15) is 11.6 Å². The van der Waals surface area contributed by atoms with Crippen LogP contribution in [0.3, 0.4) is 0 Å². The van der Waals surface area contributed by atoms with Gasteiger partial charge in [0.25, 0.3) is 0 Å². The Kier molecular flexibility index (Phi) is 3.25. The number of benzene rings is 1. The lowest BCUT2D eigenvalue weighted by Gasteiger charge is -2.13. The Morgan fingerprint density at radius 3 is 2.00 bits per heavy atom. The predicted molar refractivity (Wildman–Crippen MR) is 46.6 cm³/mol. The first kappa shape index (κ1) is 12.9. The lowest BCUT2D eigenvalue weighted by Crippen LogP contribution is -2.31. The maximum atomic E-state index is 12.9. The van der Waals surface area contributed by atoms with E-state index >= 15 is 0 Å². The minimum absolute atomic E-state index is 0.707. The molecule has 3 nitrogen and oxygen atoms in total. The van der Waals surface area contributed by atoms with Crippen molar-refractivity contribution >= 4 is 10.1 Å². The van der Waals surface area contributed by atoms with E-state index in [9.17, 15) is 26.0 Å². The molecule has 0 aliphatic rings. The van der Waals surface area contributed by atoms with Crippen LogP contribution in [0, 0.1) is 11.6 Å². The van der Waals surface area contributed by atoms with Crippen LogP contribution in [0.5, 0.6) is 0 Å². The quantitative estimate of drug-likeness (QED) is 0.666. The Morgan fingerprint density at radius 1 is 1.19 bits per heavy atom. The average molecular weight is 258 g/mol. The van der Waals surface area contributed by atoms with Crippen molar-refractivity contribution in [3.8, 4) is 0 Å². The zero-order valence-electron chi connectivity index (χ0n) is 7.62. The van der Waals surface area contributed by atoms with E-state index in [0.717, 1.165) is 6.07 Å². The van der Waals surface area contributed by atoms with Crippen LogP contribution in [0.15, 0.2) is 18.2 Å². The van der Waals surface area contributed by atoms with Crippen LogP contribution in [-0.4, -0.2) is 18.2 Å². The van der Waals surface area contributed by atoms with E-state index in [1.807, 2.05) is 0 Å². The molecule has 90 valence electrons. The van der Waals surface area contributed by atoms with Gasteiger partial charge in [-0.3, -0.25) is 4.55 Å². The first-order chi connectivity index (χ1) is 7.15. The topological polar surface area (TPSA) is 54.4 Å². The third-order valence-electron chi connectivity index (χ3n) is 1.82. The molecular formula is C8H6F4O3S. The standard InChI is InChI=1S/C8H6F4O3S/c9-6-2-1-3-7(10)5(6)4-8(11,12)16(13,14)15/h1-3H,4H2,(H,13,14,15). The van der Waals surface area contributed by atoms with Gasteiger partial charge < -0.3 is 0 Å². The first-order valence-electron chi connectivity index (χ1n) is 3.93. The molecule has 0 saturated heterocycles. The van der Waals surface area contributed by atoms with Crippen molar-refractivity contribution in [3.63, 3.8) is 0 Å². The van der Waals surface area contributed by atoms with Crippen LogP contribution in [-0.2, 0) is 16.5 Å². The van der Waals surface area contributed by atoms with Crippen LogP contribution < -0.4 is 0 Å². The highest BCUT2D eigenvalue weighted by Crippen LogP contribution is 2.27. The number of alkyl halides is 2. The van der Waals surface area contributed by atoms with Gasteiger partial charge in [-0.15, -0.1) is 0 Å². The van der Waals surface area contributed by atoms with Crippen molar-refractivity contribution in [1.29, 1.82) is 0 Å². The minimum Gasteiger partial charge on any atom is -0.281 e. The number of halogens is 4. The molecule has 1 N–H and O–H groups in total. The van der Waals surface area contributed by atoms with Gasteiger partial charge in [-0.25, -0.2) is 8.78 Å². The summed E-state index contributed by atoms with van der Waals surface area (Å²) in [5, 5.41) is -4.63. The molecular weight excluding hydrogens is 252 g/mol. The molecule has 1 rings (SSSR count). The molecule has 1 aromatic carbocycles. The Balaban J connectivity index is 3.16. The second kappa shape index (κ2) is 4.02. The van der Waals surface area contributed by atoms with E-state index in [0.29, 0.717) is 12.1 Å². The van der Waals surface area contributed by atoms with Crippen molar-refractivity contribution in [1.82, 2.24) is 0 Å². The Hall–Kier alpha value is -1.15. The highest BCUT2D eigenvalue weighted by molar-refractivity contribution is 7.86. The Bertz CT molecular complexity index is 478.